The summed E-state index contributed by atoms with van der Waals surface area (Å²) in [5.41, 5.74) is 1.61. The van der Waals surface area contributed by atoms with E-state index < -0.39 is 0 Å². The third-order valence-corrected chi connectivity index (χ3v) is 3.75. The third kappa shape index (κ3) is 3.30. The van der Waals surface area contributed by atoms with Gasteiger partial charge in [0.15, 0.2) is 5.82 Å². The Balaban J connectivity index is 1.78. The molecule has 0 aliphatic heterocycles. The molecule has 3 rings (SSSR count). The fraction of sp³-hybridized carbons (Fsp3) is 0.188. The second-order valence-corrected chi connectivity index (χ2v) is 5.77. The predicted molar refractivity (Wildman–Crippen MR) is 88.6 cm³/mol. The topological polar surface area (TPSA) is 64.7 Å². The molecule has 0 saturated carbocycles. The molecule has 0 spiro atoms. The SMILES string of the molecule is Cc1cc(C(=O)Nc2nn(Cc3ccccc3F)cc2Cl)n(C)n1. The standard InChI is InChI=1S/C16H15ClFN5O/c1-10-7-14(22(2)20-10)16(24)19-15-12(17)9-23(21-15)8-11-5-3-4-6-13(11)18/h3-7,9H,8H2,1-2H3,(H,19,21,24). The van der Waals surface area contributed by atoms with E-state index in [4.69, 9.17) is 11.6 Å². The van der Waals surface area contributed by atoms with Crippen LogP contribution in [0.5, 0.6) is 0 Å². The van der Waals surface area contributed by atoms with E-state index in [2.05, 4.69) is 15.5 Å². The van der Waals surface area contributed by atoms with Gasteiger partial charge in [-0.1, -0.05) is 29.8 Å². The first-order chi connectivity index (χ1) is 11.4. The van der Waals surface area contributed by atoms with Crippen molar-refractivity contribution in [3.05, 3.63) is 64.3 Å². The smallest absolute Gasteiger partial charge is 0.275 e. The number of benzene rings is 1. The lowest BCUT2D eigenvalue weighted by molar-refractivity contribution is 0.101. The molecule has 1 N–H and O–H groups in total. The highest BCUT2D eigenvalue weighted by molar-refractivity contribution is 6.33. The molecule has 2 aromatic heterocycles. The first-order valence-corrected chi connectivity index (χ1v) is 7.60. The molecule has 124 valence electrons. The molecule has 6 nitrogen and oxygen atoms in total. The van der Waals surface area contributed by atoms with E-state index in [1.165, 1.54) is 21.6 Å². The maximum atomic E-state index is 13.7. The van der Waals surface area contributed by atoms with Crippen molar-refractivity contribution in [2.24, 2.45) is 7.05 Å². The van der Waals surface area contributed by atoms with Crippen molar-refractivity contribution >= 4 is 23.3 Å². The number of nitrogens with zero attached hydrogens (tertiary/aromatic N) is 4. The molecule has 0 aliphatic rings. The number of nitrogens with one attached hydrogen (secondary N) is 1. The van der Waals surface area contributed by atoms with Crippen molar-refractivity contribution in [3.8, 4) is 0 Å². The molecule has 0 fully saturated rings. The van der Waals surface area contributed by atoms with E-state index in [9.17, 15) is 9.18 Å². The van der Waals surface area contributed by atoms with Crippen LogP contribution in [0.3, 0.4) is 0 Å². The summed E-state index contributed by atoms with van der Waals surface area (Å²) in [5, 5.41) is 11.2. The minimum Gasteiger partial charge on any atom is -0.302 e. The van der Waals surface area contributed by atoms with E-state index in [0.29, 0.717) is 11.3 Å². The van der Waals surface area contributed by atoms with Gasteiger partial charge in [-0.05, 0) is 19.1 Å². The summed E-state index contributed by atoms with van der Waals surface area (Å²) in [5.74, 6) is -0.465. The molecule has 3 aromatic rings. The summed E-state index contributed by atoms with van der Waals surface area (Å²) >= 11 is 6.11. The van der Waals surface area contributed by atoms with E-state index in [1.54, 1.807) is 38.2 Å². The normalized spacial score (nSPS) is 10.8. The number of aromatic nitrogens is 4. The van der Waals surface area contributed by atoms with Crippen LogP contribution in [0.2, 0.25) is 5.02 Å². The molecule has 1 amide bonds. The van der Waals surface area contributed by atoms with Crippen molar-refractivity contribution < 1.29 is 9.18 Å². The number of hydrogen-bond donors (Lipinski definition) is 1. The van der Waals surface area contributed by atoms with Gasteiger partial charge in [0.05, 0.1) is 12.2 Å². The molecule has 1 aromatic carbocycles. The van der Waals surface area contributed by atoms with E-state index in [-0.39, 0.29) is 29.1 Å². The average molecular weight is 348 g/mol. The monoisotopic (exact) mass is 347 g/mol. The van der Waals surface area contributed by atoms with Crippen LogP contribution in [0.1, 0.15) is 21.7 Å². The van der Waals surface area contributed by atoms with Gasteiger partial charge in [0.25, 0.3) is 5.91 Å². The van der Waals surface area contributed by atoms with Gasteiger partial charge >= 0.3 is 0 Å². The highest BCUT2D eigenvalue weighted by Gasteiger charge is 2.16. The number of hydrogen-bond acceptors (Lipinski definition) is 3. The van der Waals surface area contributed by atoms with Gasteiger partial charge in [0.1, 0.15) is 16.5 Å². The van der Waals surface area contributed by atoms with Crippen LogP contribution < -0.4 is 5.32 Å². The Morgan fingerprint density at radius 3 is 2.75 bits per heavy atom. The molecule has 0 radical (unpaired) electrons. The maximum absolute atomic E-state index is 13.7. The van der Waals surface area contributed by atoms with Crippen molar-refractivity contribution in [1.82, 2.24) is 19.6 Å². The summed E-state index contributed by atoms with van der Waals surface area (Å²) in [6.07, 6.45) is 1.54. The summed E-state index contributed by atoms with van der Waals surface area (Å²) in [6, 6.07) is 8.09. The number of halogens is 2. The number of anilines is 1. The molecule has 8 heteroatoms. The lowest BCUT2D eigenvalue weighted by Gasteiger charge is -2.04. The van der Waals surface area contributed by atoms with Crippen LogP contribution in [-0.4, -0.2) is 25.5 Å². The molecule has 0 bridgehead atoms. The van der Waals surface area contributed by atoms with Crippen molar-refractivity contribution in [1.29, 1.82) is 0 Å². The Morgan fingerprint density at radius 2 is 2.08 bits per heavy atom. The molecule has 0 aliphatic carbocycles. The quantitative estimate of drug-likeness (QED) is 0.789. The zero-order valence-corrected chi connectivity index (χ0v) is 13.9. The molecule has 24 heavy (non-hydrogen) atoms. The van der Waals surface area contributed by atoms with Crippen LogP contribution in [0.15, 0.2) is 36.5 Å². The van der Waals surface area contributed by atoms with Gasteiger partial charge in [-0.3, -0.25) is 14.2 Å². The highest BCUT2D eigenvalue weighted by atomic mass is 35.5. The Labute approximate surface area is 142 Å². The Bertz CT molecular complexity index is 902. The fourth-order valence-electron chi connectivity index (χ4n) is 2.36. The third-order valence-electron chi connectivity index (χ3n) is 3.47. The zero-order valence-electron chi connectivity index (χ0n) is 13.1. The lowest BCUT2D eigenvalue weighted by Crippen LogP contribution is -2.17. The van der Waals surface area contributed by atoms with E-state index in [0.717, 1.165) is 5.69 Å². The van der Waals surface area contributed by atoms with Crippen LogP contribution in [0.4, 0.5) is 10.2 Å². The molecular weight excluding hydrogens is 333 g/mol. The van der Waals surface area contributed by atoms with Crippen molar-refractivity contribution in [2.75, 3.05) is 5.32 Å². The molecule has 0 saturated heterocycles. The number of aryl methyl sites for hydroxylation is 2. The Morgan fingerprint density at radius 1 is 1.33 bits per heavy atom. The predicted octanol–water partition coefficient (Wildman–Crippen LogP) is 3.02. The van der Waals surface area contributed by atoms with Gasteiger partial charge < -0.3 is 5.32 Å². The second kappa shape index (κ2) is 6.45. The van der Waals surface area contributed by atoms with Crippen LogP contribution >= 0.6 is 11.6 Å². The van der Waals surface area contributed by atoms with Gasteiger partial charge in [-0.2, -0.15) is 10.2 Å². The molecule has 2 heterocycles. The van der Waals surface area contributed by atoms with Gasteiger partial charge in [0.2, 0.25) is 0 Å². The summed E-state index contributed by atoms with van der Waals surface area (Å²) in [7, 11) is 1.68. The minimum absolute atomic E-state index is 0.215. The maximum Gasteiger partial charge on any atom is 0.275 e. The first kappa shape index (κ1) is 16.2. The fourth-order valence-corrected chi connectivity index (χ4v) is 2.56. The van der Waals surface area contributed by atoms with Gasteiger partial charge in [-0.25, -0.2) is 4.39 Å². The molecule has 0 atom stereocenters. The van der Waals surface area contributed by atoms with E-state index >= 15 is 0 Å². The lowest BCUT2D eigenvalue weighted by atomic mass is 10.2. The van der Waals surface area contributed by atoms with Crippen LogP contribution in [0.25, 0.3) is 0 Å². The average Bonchev–Trinajstić information content (AvgIpc) is 3.04. The summed E-state index contributed by atoms with van der Waals surface area (Å²) in [4.78, 5) is 12.3. The summed E-state index contributed by atoms with van der Waals surface area (Å²) < 4.78 is 16.7. The summed E-state index contributed by atoms with van der Waals surface area (Å²) in [6.45, 7) is 2.01. The number of carbonyl (C=O) groups excluding carboxylic acids is 1. The number of carbonyl (C=O) groups is 1. The van der Waals surface area contributed by atoms with Crippen LogP contribution in [0, 0.1) is 12.7 Å². The zero-order chi connectivity index (χ0) is 17.3. The number of rotatable bonds is 4. The van der Waals surface area contributed by atoms with Gasteiger partial charge in [0, 0.05) is 18.8 Å². The molecule has 0 unspecified atom stereocenters. The second-order valence-electron chi connectivity index (χ2n) is 5.36. The van der Waals surface area contributed by atoms with Crippen molar-refractivity contribution in [3.63, 3.8) is 0 Å². The van der Waals surface area contributed by atoms with E-state index in [1.807, 2.05) is 0 Å². The Kier molecular flexibility index (Phi) is 4.35. The Hall–Kier alpha value is -2.67. The molecular formula is C16H15ClFN5O. The first-order valence-electron chi connectivity index (χ1n) is 7.22. The minimum atomic E-state index is -0.365. The van der Waals surface area contributed by atoms with Crippen molar-refractivity contribution in [2.45, 2.75) is 13.5 Å². The number of amides is 1. The van der Waals surface area contributed by atoms with Gasteiger partial charge in [-0.15, -0.1) is 0 Å². The highest BCUT2D eigenvalue weighted by Crippen LogP contribution is 2.21. The largest absolute Gasteiger partial charge is 0.302 e. The van der Waals surface area contributed by atoms with Crippen LogP contribution in [-0.2, 0) is 13.6 Å².